The second kappa shape index (κ2) is 9.31. The number of nitrogens with zero attached hydrogens (tertiary/aromatic N) is 5. The van der Waals surface area contributed by atoms with Crippen LogP contribution in [0, 0.1) is 18.4 Å². The molecule has 0 spiro atoms. The molecule has 2 aliphatic heterocycles. The van der Waals surface area contributed by atoms with Crippen molar-refractivity contribution in [1.82, 2.24) is 19.4 Å². The number of benzene rings is 1. The predicted molar refractivity (Wildman–Crippen MR) is 136 cm³/mol. The van der Waals surface area contributed by atoms with Gasteiger partial charge in [-0.1, -0.05) is 0 Å². The number of fused-ring (bicyclic) bond motifs is 3. The molecular weight excluding hydrogens is 494 g/mol. The molecule has 2 aliphatic carbocycles. The first-order valence-electron chi connectivity index (χ1n) is 12.8. The van der Waals surface area contributed by atoms with Crippen LogP contribution in [0.2, 0.25) is 0 Å². The van der Waals surface area contributed by atoms with Crippen LogP contribution in [0.5, 0.6) is 5.88 Å². The van der Waals surface area contributed by atoms with Gasteiger partial charge in [0.25, 0.3) is 0 Å². The Hall–Kier alpha value is -3.14. The fraction of sp³-hybridized carbons (Fsp3) is 0.560. The van der Waals surface area contributed by atoms with Crippen molar-refractivity contribution in [2.75, 3.05) is 32.1 Å². The molecule has 12 heteroatoms. The van der Waals surface area contributed by atoms with Crippen molar-refractivity contribution in [3.05, 3.63) is 34.0 Å². The molecule has 2 N–H and O–H groups in total. The Bertz CT molecular complexity index is 1390. The second-order valence-electron chi connectivity index (χ2n) is 10.2. The number of amides is 2. The Kier molecular flexibility index (Phi) is 6.09. The summed E-state index contributed by atoms with van der Waals surface area (Å²) in [6, 6.07) is -0.641. The maximum atomic E-state index is 13.9. The smallest absolute Gasteiger partial charge is 0.355 e. The number of nitriles is 1. The third kappa shape index (κ3) is 4.05. The van der Waals surface area contributed by atoms with E-state index in [4.69, 9.17) is 9.47 Å². The average molecular weight is 526 g/mol. The van der Waals surface area contributed by atoms with Crippen LogP contribution in [0.25, 0.3) is 0 Å². The maximum Gasteiger partial charge on any atom is 0.355 e. The van der Waals surface area contributed by atoms with Crippen LogP contribution < -0.4 is 14.8 Å². The van der Waals surface area contributed by atoms with Crippen LogP contribution in [0.15, 0.2) is 15.5 Å². The Morgan fingerprint density at radius 3 is 2.51 bits per heavy atom. The summed E-state index contributed by atoms with van der Waals surface area (Å²) in [5.41, 5.74) is 7.14. The lowest BCUT2D eigenvalue weighted by molar-refractivity contribution is -0.0687. The number of hydrogen-bond acceptors (Lipinski definition) is 7. The molecule has 37 heavy (non-hydrogen) atoms. The number of hydrogen-bond donors (Lipinski definition) is 2. The van der Waals surface area contributed by atoms with E-state index in [0.29, 0.717) is 13.2 Å². The van der Waals surface area contributed by atoms with Gasteiger partial charge in [0.05, 0.1) is 24.9 Å². The van der Waals surface area contributed by atoms with Crippen LogP contribution >= 0.6 is 0 Å². The Morgan fingerprint density at radius 1 is 1.19 bits per heavy atom. The van der Waals surface area contributed by atoms with Gasteiger partial charge in [0, 0.05) is 25.9 Å². The van der Waals surface area contributed by atoms with Crippen LogP contribution in [0.1, 0.15) is 40.7 Å². The highest BCUT2D eigenvalue weighted by atomic mass is 32.2. The molecule has 6 rings (SSSR count). The summed E-state index contributed by atoms with van der Waals surface area (Å²) in [6.07, 6.45) is 9.22. The quantitative estimate of drug-likeness (QED) is 0.452. The van der Waals surface area contributed by atoms with Gasteiger partial charge >= 0.3 is 6.03 Å². The van der Waals surface area contributed by atoms with E-state index in [0.717, 1.165) is 57.3 Å². The third-order valence-electron chi connectivity index (χ3n) is 8.15. The number of likely N-dealkylation sites (tertiary alicyclic amines) is 1. The number of carbonyl (C=O) groups excluding carboxylic acids is 1. The fourth-order valence-electron chi connectivity index (χ4n) is 6.21. The second-order valence-corrected chi connectivity index (χ2v) is 12.0. The normalized spacial score (nSPS) is 22.0. The molecule has 0 bridgehead atoms. The van der Waals surface area contributed by atoms with E-state index in [1.807, 2.05) is 0 Å². The molecule has 11 nitrogen and oxygen atoms in total. The largest absolute Gasteiger partial charge is 0.475 e. The Labute approximate surface area is 216 Å². The van der Waals surface area contributed by atoms with Gasteiger partial charge in [-0.2, -0.15) is 10.4 Å². The Balaban J connectivity index is 1.29. The monoisotopic (exact) mass is 525 g/mol. The van der Waals surface area contributed by atoms with Crippen molar-refractivity contribution in [1.29, 1.82) is 5.26 Å². The summed E-state index contributed by atoms with van der Waals surface area (Å²) in [5, 5.41) is 16.7. The average Bonchev–Trinajstić information content (AvgIpc) is 3.60. The summed E-state index contributed by atoms with van der Waals surface area (Å²) in [4.78, 5) is 15.6. The molecule has 1 fully saturated rings. The summed E-state index contributed by atoms with van der Waals surface area (Å²) in [5.74, 6) is 0.265. The summed E-state index contributed by atoms with van der Waals surface area (Å²) in [6.45, 7) is 4.75. The van der Waals surface area contributed by atoms with E-state index in [1.165, 1.54) is 34.0 Å². The SMILES string of the molecule is COC1CN(C2COc3c(S(=O)(=NC(=O)Nc4c5c(c(C)c6c4CCC6)CCC5)NC#N)cnn3C2)C1. The van der Waals surface area contributed by atoms with Gasteiger partial charge in [-0.05, 0) is 73.3 Å². The number of urea groups is 1. The number of carbonyl (C=O) groups is 1. The lowest BCUT2D eigenvalue weighted by Gasteiger charge is -2.44. The van der Waals surface area contributed by atoms with Crippen molar-refractivity contribution >= 4 is 21.6 Å². The highest BCUT2D eigenvalue weighted by Gasteiger charge is 2.37. The fourth-order valence-corrected chi connectivity index (χ4v) is 7.45. The number of methoxy groups -OCH3 is 1. The molecule has 4 aliphatic rings. The topological polar surface area (TPSA) is 134 Å². The first-order valence-corrected chi connectivity index (χ1v) is 14.3. The lowest BCUT2D eigenvalue weighted by Crippen LogP contribution is -2.59. The van der Waals surface area contributed by atoms with Crippen molar-refractivity contribution in [2.45, 2.75) is 69.0 Å². The van der Waals surface area contributed by atoms with Crippen LogP contribution in [-0.4, -0.2) is 63.9 Å². The number of aromatic nitrogens is 2. The minimum atomic E-state index is -3.65. The minimum Gasteiger partial charge on any atom is -0.475 e. The number of nitrogens with one attached hydrogen (secondary N) is 2. The minimum absolute atomic E-state index is 0.0976. The molecule has 1 saturated heterocycles. The van der Waals surface area contributed by atoms with E-state index in [-0.39, 0.29) is 22.9 Å². The van der Waals surface area contributed by atoms with Gasteiger partial charge in [-0.25, -0.2) is 18.4 Å². The van der Waals surface area contributed by atoms with Crippen molar-refractivity contribution in [2.24, 2.45) is 4.36 Å². The van der Waals surface area contributed by atoms with E-state index in [2.05, 4.69) is 31.3 Å². The van der Waals surface area contributed by atoms with Crippen LogP contribution in [0.3, 0.4) is 0 Å². The number of ether oxygens (including phenoxy) is 2. The van der Waals surface area contributed by atoms with Crippen molar-refractivity contribution < 1.29 is 18.5 Å². The molecule has 3 heterocycles. The van der Waals surface area contributed by atoms with E-state index < -0.39 is 15.9 Å². The van der Waals surface area contributed by atoms with Gasteiger partial charge in [0.15, 0.2) is 21.0 Å². The number of rotatable bonds is 5. The molecule has 196 valence electrons. The zero-order valence-electron chi connectivity index (χ0n) is 21.1. The van der Waals surface area contributed by atoms with Crippen molar-refractivity contribution in [3.8, 4) is 12.1 Å². The van der Waals surface area contributed by atoms with Crippen molar-refractivity contribution in [3.63, 3.8) is 0 Å². The highest BCUT2D eigenvalue weighted by molar-refractivity contribution is 7.92. The first-order chi connectivity index (χ1) is 17.9. The van der Waals surface area contributed by atoms with E-state index >= 15 is 0 Å². The standard InChI is InChI=1S/C25H31N7O4S/c1-15-18-5-3-7-20(18)23(21-8-4-6-19(15)21)29-25(33)30-37(34,28-14-26)22-9-27-32-10-16(13-36-24(22)32)31-11-17(12-31)35-2/h9,16-17H,3-8,10-13H2,1-2H3,(H2,28,29,30,33,34). The molecule has 0 radical (unpaired) electrons. The summed E-state index contributed by atoms with van der Waals surface area (Å²) >= 11 is 0. The van der Waals surface area contributed by atoms with E-state index in [1.54, 1.807) is 18.0 Å². The predicted octanol–water partition coefficient (Wildman–Crippen LogP) is 2.31. The maximum absolute atomic E-state index is 13.9. The first kappa shape index (κ1) is 24.2. The van der Waals surface area contributed by atoms with Gasteiger partial charge in [0.2, 0.25) is 5.88 Å². The Morgan fingerprint density at radius 2 is 1.86 bits per heavy atom. The molecule has 0 saturated carbocycles. The zero-order valence-corrected chi connectivity index (χ0v) is 21.9. The molecule has 2 unspecified atom stereocenters. The highest BCUT2D eigenvalue weighted by Crippen LogP contribution is 2.41. The molecule has 1 aromatic heterocycles. The molecular formula is C25H31N7O4S. The van der Waals surface area contributed by atoms with Crippen LogP contribution in [-0.2, 0) is 46.9 Å². The lowest BCUT2D eigenvalue weighted by atomic mass is 9.93. The molecule has 1 aromatic carbocycles. The molecule has 2 atom stereocenters. The van der Waals surface area contributed by atoms with Gasteiger partial charge < -0.3 is 14.8 Å². The third-order valence-corrected chi connectivity index (χ3v) is 9.82. The summed E-state index contributed by atoms with van der Waals surface area (Å²) in [7, 11) is -1.95. The summed E-state index contributed by atoms with van der Waals surface area (Å²) < 4.78 is 33.1. The van der Waals surface area contributed by atoms with Gasteiger partial charge in [0.1, 0.15) is 6.61 Å². The van der Waals surface area contributed by atoms with Crippen LogP contribution in [0.4, 0.5) is 10.5 Å². The van der Waals surface area contributed by atoms with E-state index in [9.17, 15) is 14.3 Å². The zero-order chi connectivity index (χ0) is 25.7. The molecule has 2 amide bonds. The van der Waals surface area contributed by atoms with Gasteiger partial charge in [-0.15, -0.1) is 4.36 Å². The molecule has 2 aromatic rings. The number of anilines is 1. The van der Waals surface area contributed by atoms with Gasteiger partial charge in [-0.3, -0.25) is 4.90 Å².